The van der Waals surface area contributed by atoms with Crippen LogP contribution in [0.15, 0.2) is 0 Å². The van der Waals surface area contributed by atoms with Crippen molar-refractivity contribution in [2.45, 2.75) is 0 Å². The van der Waals surface area contributed by atoms with Crippen LogP contribution in [-0.2, 0) is 0 Å². The molecule has 0 aromatic heterocycles. The summed E-state index contributed by atoms with van der Waals surface area (Å²) in [5, 5.41) is 0. The molecule has 0 aromatic rings. The predicted molar refractivity (Wildman–Crippen MR) is 22.7 cm³/mol. The normalized spacial score (nSPS) is 5.00. The maximum Gasteiger partial charge on any atom is 0.0853 e. The number of halogens is 1. The molecule has 0 radical (unpaired) electrons. The lowest BCUT2D eigenvalue weighted by Gasteiger charge is -1.56. The molecular formula is C3H4ClN. The van der Waals surface area contributed by atoms with Crippen molar-refractivity contribution >= 4 is 11.6 Å². The fourth-order valence-corrected chi connectivity index (χ4v) is 0.116. The van der Waals surface area contributed by atoms with E-state index in [1.807, 2.05) is 0 Å². The van der Waals surface area contributed by atoms with Gasteiger partial charge in [-0.1, -0.05) is 5.92 Å². The molecule has 0 bridgehead atoms. The predicted octanol–water partition coefficient (Wildman–Crippen LogP) is 0.145. The number of hydrogen-bond acceptors (Lipinski definition) is 1. The summed E-state index contributed by atoms with van der Waals surface area (Å²) in [7, 11) is 0. The Balaban J connectivity index is 2.81. The minimum Gasteiger partial charge on any atom is -0.359 e. The van der Waals surface area contributed by atoms with Crippen LogP contribution >= 0.6 is 11.6 Å². The van der Waals surface area contributed by atoms with Crippen molar-refractivity contribution in [3.8, 4) is 12.0 Å². The summed E-state index contributed by atoms with van der Waals surface area (Å²) in [5.74, 6) is 2.73. The van der Waals surface area contributed by atoms with Gasteiger partial charge in [0, 0.05) is 6.04 Å². The van der Waals surface area contributed by atoms with Gasteiger partial charge in [-0.05, 0) is 0 Å². The van der Waals surface area contributed by atoms with Gasteiger partial charge in [0.15, 0.2) is 0 Å². The van der Waals surface area contributed by atoms with E-state index in [2.05, 4.69) is 12.0 Å². The molecule has 0 unspecified atom stereocenters. The first-order valence-electron chi connectivity index (χ1n) is 1.16. The third-order valence-electron chi connectivity index (χ3n) is 0.169. The Bertz CT molecular complexity index is 59.0. The van der Waals surface area contributed by atoms with Crippen molar-refractivity contribution in [2.75, 3.05) is 5.88 Å². The molecular weight excluding hydrogens is 85.5 g/mol. The molecule has 0 aliphatic rings. The average molecular weight is 89.5 g/mol. The number of nitrogens with two attached hydrogens (primary N) is 1. The molecule has 0 spiro atoms. The van der Waals surface area contributed by atoms with Crippen molar-refractivity contribution in [2.24, 2.45) is 5.73 Å². The van der Waals surface area contributed by atoms with Crippen molar-refractivity contribution in [3.05, 3.63) is 0 Å². The molecule has 0 saturated heterocycles. The van der Waals surface area contributed by atoms with Crippen LogP contribution in [0.5, 0.6) is 0 Å². The van der Waals surface area contributed by atoms with Gasteiger partial charge in [-0.3, -0.25) is 0 Å². The summed E-state index contributed by atoms with van der Waals surface area (Å²) in [5.41, 5.74) is 4.69. The molecule has 0 aliphatic carbocycles. The Hall–Kier alpha value is -0.350. The molecule has 28 valence electrons. The summed E-state index contributed by atoms with van der Waals surface area (Å²) in [4.78, 5) is 0. The third-order valence-corrected chi connectivity index (χ3v) is 0.303. The molecule has 2 N–H and O–H groups in total. The lowest BCUT2D eigenvalue weighted by atomic mass is 10.8. The first-order chi connectivity index (χ1) is 2.41. The van der Waals surface area contributed by atoms with E-state index in [9.17, 15) is 0 Å². The zero-order valence-electron chi connectivity index (χ0n) is 2.66. The maximum absolute atomic E-state index is 5.05. The van der Waals surface area contributed by atoms with E-state index in [-0.39, 0.29) is 0 Å². The standard InChI is InChI=1S/C3H4ClN/c4-2-1-3-5/h2,5H2. The minimum absolute atomic E-state index is 0.330. The van der Waals surface area contributed by atoms with Gasteiger partial charge in [-0.25, -0.2) is 0 Å². The maximum atomic E-state index is 5.05. The van der Waals surface area contributed by atoms with Gasteiger partial charge < -0.3 is 5.73 Å². The SMILES string of the molecule is NC#CCCl. The molecule has 1 nitrogen and oxygen atoms in total. The van der Waals surface area contributed by atoms with Crippen LogP contribution in [0.25, 0.3) is 0 Å². The Morgan fingerprint density at radius 2 is 2.40 bits per heavy atom. The van der Waals surface area contributed by atoms with E-state index < -0.39 is 0 Å². The van der Waals surface area contributed by atoms with E-state index in [0.717, 1.165) is 0 Å². The van der Waals surface area contributed by atoms with E-state index in [1.165, 1.54) is 0 Å². The lowest BCUT2D eigenvalue weighted by molar-refractivity contribution is 1.71. The average Bonchev–Trinajstić information content (AvgIpc) is 1.41. The fraction of sp³-hybridized carbons (Fsp3) is 0.333. The second-order valence-corrected chi connectivity index (χ2v) is 0.722. The summed E-state index contributed by atoms with van der Waals surface area (Å²) < 4.78 is 0. The van der Waals surface area contributed by atoms with Crippen LogP contribution in [0.4, 0.5) is 0 Å². The quantitative estimate of drug-likeness (QED) is 0.255. The Labute approximate surface area is 36.1 Å². The third kappa shape index (κ3) is 3.65. The highest BCUT2D eigenvalue weighted by molar-refractivity contribution is 6.19. The first-order valence-corrected chi connectivity index (χ1v) is 1.69. The highest BCUT2D eigenvalue weighted by Crippen LogP contribution is 1.62. The summed E-state index contributed by atoms with van der Waals surface area (Å²) in [6, 6.07) is 2.14. The van der Waals surface area contributed by atoms with Gasteiger partial charge in [0.2, 0.25) is 0 Å². The molecule has 0 saturated carbocycles. The van der Waals surface area contributed by atoms with Crippen molar-refractivity contribution < 1.29 is 0 Å². The molecule has 5 heavy (non-hydrogen) atoms. The van der Waals surface area contributed by atoms with Crippen LogP contribution in [0.2, 0.25) is 0 Å². The van der Waals surface area contributed by atoms with Crippen LogP contribution < -0.4 is 5.73 Å². The van der Waals surface area contributed by atoms with Crippen molar-refractivity contribution in [1.82, 2.24) is 0 Å². The van der Waals surface area contributed by atoms with Gasteiger partial charge in [0.05, 0.1) is 5.88 Å². The zero-order valence-corrected chi connectivity index (χ0v) is 3.42. The van der Waals surface area contributed by atoms with E-state index >= 15 is 0 Å². The minimum atomic E-state index is 0.330. The van der Waals surface area contributed by atoms with Crippen LogP contribution in [-0.4, -0.2) is 5.88 Å². The number of hydrogen-bond donors (Lipinski definition) is 1. The lowest BCUT2D eigenvalue weighted by Crippen LogP contribution is -1.75. The monoisotopic (exact) mass is 89.0 g/mol. The second-order valence-electron chi connectivity index (χ2n) is 0.455. The summed E-state index contributed by atoms with van der Waals surface area (Å²) in [6.07, 6.45) is 0. The molecule has 0 amide bonds. The van der Waals surface area contributed by atoms with Crippen molar-refractivity contribution in [1.29, 1.82) is 0 Å². The molecule has 0 fully saturated rings. The smallest absolute Gasteiger partial charge is 0.0853 e. The van der Waals surface area contributed by atoms with Gasteiger partial charge in [-0.15, -0.1) is 11.6 Å². The Morgan fingerprint density at radius 3 is 2.40 bits per heavy atom. The van der Waals surface area contributed by atoms with Crippen molar-refractivity contribution in [3.63, 3.8) is 0 Å². The largest absolute Gasteiger partial charge is 0.359 e. The summed E-state index contributed by atoms with van der Waals surface area (Å²) >= 11 is 5.05. The Morgan fingerprint density at radius 1 is 1.80 bits per heavy atom. The molecule has 0 aromatic carbocycles. The Kier molecular flexibility index (Phi) is 3.39. The first kappa shape index (κ1) is 4.65. The van der Waals surface area contributed by atoms with Crippen LogP contribution in [0.3, 0.4) is 0 Å². The molecule has 2 heteroatoms. The van der Waals surface area contributed by atoms with Crippen LogP contribution in [0, 0.1) is 12.0 Å². The molecule has 0 heterocycles. The van der Waals surface area contributed by atoms with Gasteiger partial charge in [-0.2, -0.15) is 0 Å². The van der Waals surface area contributed by atoms with Gasteiger partial charge in [0.25, 0.3) is 0 Å². The second kappa shape index (κ2) is 3.65. The number of rotatable bonds is 0. The van der Waals surface area contributed by atoms with E-state index in [4.69, 9.17) is 17.3 Å². The fourth-order valence-electron chi connectivity index (χ4n) is 0.0386. The molecule has 0 aliphatic heterocycles. The van der Waals surface area contributed by atoms with Gasteiger partial charge >= 0.3 is 0 Å². The highest BCUT2D eigenvalue weighted by Gasteiger charge is 1.51. The molecule has 0 rings (SSSR count). The van der Waals surface area contributed by atoms with E-state index in [1.54, 1.807) is 0 Å². The van der Waals surface area contributed by atoms with E-state index in [0.29, 0.717) is 5.88 Å². The van der Waals surface area contributed by atoms with Crippen LogP contribution in [0.1, 0.15) is 0 Å². The highest BCUT2D eigenvalue weighted by atomic mass is 35.5. The molecule has 0 atom stereocenters. The summed E-state index contributed by atoms with van der Waals surface area (Å²) in [6.45, 7) is 0. The number of alkyl halides is 1. The zero-order chi connectivity index (χ0) is 4.12. The topological polar surface area (TPSA) is 26.0 Å². The van der Waals surface area contributed by atoms with Gasteiger partial charge in [0.1, 0.15) is 0 Å².